The molecule has 0 radical (unpaired) electrons. The van der Waals surface area contributed by atoms with Gasteiger partial charge in [0.2, 0.25) is 0 Å². The second-order valence-electron chi connectivity index (χ2n) is 4.62. The maximum absolute atomic E-state index is 6.27. The van der Waals surface area contributed by atoms with Crippen molar-refractivity contribution in [3.8, 4) is 5.75 Å². The minimum atomic E-state index is 0.00769. The van der Waals surface area contributed by atoms with Crippen LogP contribution in [0.5, 0.6) is 5.75 Å². The molecule has 0 bridgehead atoms. The molecule has 0 aliphatic heterocycles. The Morgan fingerprint density at radius 2 is 1.76 bits per heavy atom. The van der Waals surface area contributed by atoms with E-state index in [0.29, 0.717) is 12.5 Å². The average Bonchev–Trinajstić information content (AvgIpc) is 2.30. The van der Waals surface area contributed by atoms with Crippen LogP contribution < -0.4 is 16.2 Å². The first-order valence-electron chi connectivity index (χ1n) is 6.15. The maximum Gasteiger partial charge on any atom is 0.124 e. The van der Waals surface area contributed by atoms with E-state index in [0.717, 1.165) is 28.9 Å². The lowest BCUT2D eigenvalue weighted by atomic mass is 9.90. The van der Waals surface area contributed by atoms with Crippen LogP contribution >= 0.6 is 0 Å². The number of hydrogen-bond acceptors (Lipinski definition) is 3. The Hall–Kier alpha value is -1.06. The Morgan fingerprint density at radius 1 is 1.24 bits per heavy atom. The lowest BCUT2D eigenvalue weighted by Crippen LogP contribution is -2.27. The van der Waals surface area contributed by atoms with Crippen LogP contribution in [-0.4, -0.2) is 13.7 Å². The van der Waals surface area contributed by atoms with Crippen LogP contribution in [0.25, 0.3) is 0 Å². The van der Waals surface area contributed by atoms with Crippen molar-refractivity contribution in [3.05, 3.63) is 28.8 Å². The van der Waals surface area contributed by atoms with Gasteiger partial charge in [-0.1, -0.05) is 25.5 Å². The highest BCUT2D eigenvalue weighted by atomic mass is 16.5. The van der Waals surface area contributed by atoms with E-state index in [1.165, 1.54) is 0 Å². The van der Waals surface area contributed by atoms with E-state index >= 15 is 0 Å². The van der Waals surface area contributed by atoms with E-state index in [1.807, 2.05) is 13.8 Å². The quantitative estimate of drug-likeness (QED) is 0.824. The largest absolute Gasteiger partial charge is 0.496 e. The van der Waals surface area contributed by atoms with Gasteiger partial charge < -0.3 is 16.2 Å². The molecule has 4 N–H and O–H groups in total. The van der Waals surface area contributed by atoms with Crippen molar-refractivity contribution < 1.29 is 4.74 Å². The SMILES string of the molecule is CCC(CN)C(N)c1cc(C)c(OC)c(C)c1. The summed E-state index contributed by atoms with van der Waals surface area (Å²) >= 11 is 0. The first kappa shape index (κ1) is 14.0. The molecule has 1 rings (SSSR count). The normalized spacial score (nSPS) is 14.5. The van der Waals surface area contributed by atoms with Gasteiger partial charge in [0.25, 0.3) is 0 Å². The highest BCUT2D eigenvalue weighted by Gasteiger charge is 2.18. The summed E-state index contributed by atoms with van der Waals surface area (Å²) in [7, 11) is 1.70. The van der Waals surface area contributed by atoms with E-state index in [9.17, 15) is 0 Å². The second-order valence-corrected chi connectivity index (χ2v) is 4.62. The van der Waals surface area contributed by atoms with Gasteiger partial charge in [0.15, 0.2) is 0 Å². The Morgan fingerprint density at radius 3 is 2.12 bits per heavy atom. The van der Waals surface area contributed by atoms with Crippen LogP contribution in [0, 0.1) is 19.8 Å². The molecule has 17 heavy (non-hydrogen) atoms. The lowest BCUT2D eigenvalue weighted by Gasteiger charge is -2.23. The van der Waals surface area contributed by atoms with Crippen LogP contribution in [-0.2, 0) is 0 Å². The number of ether oxygens (including phenoxy) is 1. The number of rotatable bonds is 5. The van der Waals surface area contributed by atoms with Crippen molar-refractivity contribution >= 4 is 0 Å². The fraction of sp³-hybridized carbons (Fsp3) is 0.571. The number of methoxy groups -OCH3 is 1. The van der Waals surface area contributed by atoms with Gasteiger partial charge in [0, 0.05) is 6.04 Å². The van der Waals surface area contributed by atoms with Gasteiger partial charge in [-0.3, -0.25) is 0 Å². The standard InChI is InChI=1S/C14H24N2O/c1-5-11(8-15)13(16)12-6-9(2)14(17-4)10(3)7-12/h6-7,11,13H,5,8,15-16H2,1-4H3. The molecule has 2 atom stereocenters. The van der Waals surface area contributed by atoms with E-state index in [1.54, 1.807) is 7.11 Å². The van der Waals surface area contributed by atoms with Crippen molar-refractivity contribution in [1.29, 1.82) is 0 Å². The van der Waals surface area contributed by atoms with Crippen molar-refractivity contribution in [2.75, 3.05) is 13.7 Å². The first-order valence-corrected chi connectivity index (χ1v) is 6.15. The summed E-state index contributed by atoms with van der Waals surface area (Å²) in [6.45, 7) is 6.85. The predicted octanol–water partition coefficient (Wildman–Crippen LogP) is 2.30. The average molecular weight is 236 g/mol. The molecule has 0 spiro atoms. The summed E-state index contributed by atoms with van der Waals surface area (Å²) in [6, 6.07) is 4.22. The van der Waals surface area contributed by atoms with Crippen molar-refractivity contribution in [3.63, 3.8) is 0 Å². The Balaban J connectivity index is 3.07. The molecular formula is C14H24N2O. The summed E-state index contributed by atoms with van der Waals surface area (Å²) in [4.78, 5) is 0. The molecule has 1 aromatic rings. The summed E-state index contributed by atoms with van der Waals surface area (Å²) < 4.78 is 5.36. The Bertz CT molecular complexity index is 349. The van der Waals surface area contributed by atoms with Gasteiger partial charge in [0.05, 0.1) is 7.11 Å². The van der Waals surface area contributed by atoms with Gasteiger partial charge in [-0.05, 0) is 43.0 Å². The molecule has 0 amide bonds. The number of aryl methyl sites for hydroxylation is 2. The van der Waals surface area contributed by atoms with E-state index < -0.39 is 0 Å². The van der Waals surface area contributed by atoms with Crippen LogP contribution in [0.15, 0.2) is 12.1 Å². The van der Waals surface area contributed by atoms with E-state index in [2.05, 4.69) is 19.1 Å². The third-order valence-corrected chi connectivity index (χ3v) is 3.41. The first-order chi connectivity index (χ1) is 8.04. The zero-order chi connectivity index (χ0) is 13.0. The van der Waals surface area contributed by atoms with Gasteiger partial charge >= 0.3 is 0 Å². The number of benzene rings is 1. The Kier molecular flexibility index (Phi) is 4.97. The predicted molar refractivity (Wildman–Crippen MR) is 72.2 cm³/mol. The molecule has 96 valence electrons. The maximum atomic E-state index is 6.27. The van der Waals surface area contributed by atoms with Crippen molar-refractivity contribution in [2.24, 2.45) is 17.4 Å². The minimum absolute atomic E-state index is 0.00769. The third kappa shape index (κ3) is 2.99. The highest BCUT2D eigenvalue weighted by molar-refractivity contribution is 5.44. The van der Waals surface area contributed by atoms with Crippen LogP contribution in [0.1, 0.15) is 36.1 Å². The number of nitrogens with two attached hydrogens (primary N) is 2. The summed E-state index contributed by atoms with van der Waals surface area (Å²) in [5, 5.41) is 0. The summed E-state index contributed by atoms with van der Waals surface area (Å²) in [5.41, 5.74) is 15.4. The van der Waals surface area contributed by atoms with E-state index in [4.69, 9.17) is 16.2 Å². The molecule has 0 aromatic heterocycles. The molecule has 0 aliphatic carbocycles. The zero-order valence-electron chi connectivity index (χ0n) is 11.3. The summed E-state index contributed by atoms with van der Waals surface area (Å²) in [6.07, 6.45) is 1.00. The van der Waals surface area contributed by atoms with Gasteiger partial charge in [0.1, 0.15) is 5.75 Å². The van der Waals surface area contributed by atoms with Crippen LogP contribution in [0.4, 0.5) is 0 Å². The monoisotopic (exact) mass is 236 g/mol. The molecule has 1 aromatic carbocycles. The highest BCUT2D eigenvalue weighted by Crippen LogP contribution is 2.29. The Labute approximate surface area is 104 Å². The molecule has 2 unspecified atom stereocenters. The molecular weight excluding hydrogens is 212 g/mol. The molecule has 0 heterocycles. The fourth-order valence-corrected chi connectivity index (χ4v) is 2.34. The topological polar surface area (TPSA) is 61.3 Å². The molecule has 0 aliphatic rings. The van der Waals surface area contributed by atoms with E-state index in [-0.39, 0.29) is 6.04 Å². The molecule has 3 nitrogen and oxygen atoms in total. The van der Waals surface area contributed by atoms with Gasteiger partial charge in [-0.2, -0.15) is 0 Å². The van der Waals surface area contributed by atoms with Crippen LogP contribution in [0.3, 0.4) is 0 Å². The lowest BCUT2D eigenvalue weighted by molar-refractivity contribution is 0.405. The van der Waals surface area contributed by atoms with Crippen molar-refractivity contribution in [2.45, 2.75) is 33.2 Å². The van der Waals surface area contributed by atoms with Gasteiger partial charge in [-0.25, -0.2) is 0 Å². The third-order valence-electron chi connectivity index (χ3n) is 3.41. The second kappa shape index (κ2) is 6.03. The smallest absolute Gasteiger partial charge is 0.124 e. The zero-order valence-corrected chi connectivity index (χ0v) is 11.3. The number of hydrogen-bond donors (Lipinski definition) is 2. The molecule has 3 heteroatoms. The molecule has 0 saturated heterocycles. The van der Waals surface area contributed by atoms with Gasteiger partial charge in [-0.15, -0.1) is 0 Å². The minimum Gasteiger partial charge on any atom is -0.496 e. The molecule has 0 fully saturated rings. The summed E-state index contributed by atoms with van der Waals surface area (Å²) in [5.74, 6) is 1.28. The molecule has 0 saturated carbocycles. The van der Waals surface area contributed by atoms with Crippen LogP contribution in [0.2, 0.25) is 0 Å². The van der Waals surface area contributed by atoms with Crippen molar-refractivity contribution in [1.82, 2.24) is 0 Å². The fourth-order valence-electron chi connectivity index (χ4n) is 2.34.